The molecular weight excluding hydrogens is 338 g/mol. The van der Waals surface area contributed by atoms with E-state index in [0.717, 1.165) is 64.1 Å². The summed E-state index contributed by atoms with van der Waals surface area (Å²) in [5.74, 6) is 0.475. The van der Waals surface area contributed by atoms with Crippen molar-refractivity contribution in [1.82, 2.24) is 14.7 Å². The summed E-state index contributed by atoms with van der Waals surface area (Å²) in [6.07, 6.45) is 7.59. The van der Waals surface area contributed by atoms with Gasteiger partial charge in [0.15, 0.2) is 0 Å². The Bertz CT molecular complexity index is 689. The Morgan fingerprint density at radius 1 is 0.741 bits per heavy atom. The molecule has 0 atom stereocenters. The zero-order valence-electron chi connectivity index (χ0n) is 16.3. The van der Waals surface area contributed by atoms with Crippen LogP contribution in [0.1, 0.15) is 42.4 Å². The smallest absolute Gasteiger partial charge is 0.236 e. The number of aryl methyl sites for hydroxylation is 2. The van der Waals surface area contributed by atoms with E-state index in [1.54, 1.807) is 0 Å². The largest absolute Gasteiger partial charge is 0.342 e. The van der Waals surface area contributed by atoms with Crippen LogP contribution >= 0.6 is 0 Å². The standard InChI is InChI=1S/C22H31N3O2/c26-21(16-18-7-8-19-5-4-6-20(19)15-18)25-13-11-23(12-14-25)17-22(27)24-9-2-1-3-10-24/h7-8,15H,1-6,9-14,16-17H2. The second kappa shape index (κ2) is 8.42. The Labute approximate surface area is 162 Å². The van der Waals surface area contributed by atoms with E-state index in [-0.39, 0.29) is 11.8 Å². The molecule has 0 radical (unpaired) electrons. The second-order valence-electron chi connectivity index (χ2n) is 8.23. The topological polar surface area (TPSA) is 43.9 Å². The molecule has 2 aliphatic heterocycles. The third-order valence-electron chi connectivity index (χ3n) is 6.31. The zero-order chi connectivity index (χ0) is 18.6. The van der Waals surface area contributed by atoms with Crippen LogP contribution in [0.2, 0.25) is 0 Å². The lowest BCUT2D eigenvalue weighted by Gasteiger charge is -2.36. The molecule has 2 amide bonds. The van der Waals surface area contributed by atoms with E-state index < -0.39 is 0 Å². The predicted octanol–water partition coefficient (Wildman–Crippen LogP) is 1.87. The molecule has 4 rings (SSSR count). The van der Waals surface area contributed by atoms with E-state index in [4.69, 9.17) is 0 Å². The van der Waals surface area contributed by atoms with Crippen molar-refractivity contribution in [3.05, 3.63) is 34.9 Å². The summed E-state index contributed by atoms with van der Waals surface area (Å²) < 4.78 is 0. The lowest BCUT2D eigenvalue weighted by atomic mass is 10.0. The van der Waals surface area contributed by atoms with Crippen LogP contribution in [0.5, 0.6) is 0 Å². The fraction of sp³-hybridized carbons (Fsp3) is 0.636. The molecule has 0 spiro atoms. The van der Waals surface area contributed by atoms with Crippen molar-refractivity contribution in [3.8, 4) is 0 Å². The highest BCUT2D eigenvalue weighted by atomic mass is 16.2. The molecule has 146 valence electrons. The number of piperidine rings is 1. The van der Waals surface area contributed by atoms with E-state index in [2.05, 4.69) is 23.1 Å². The molecule has 0 bridgehead atoms. The lowest BCUT2D eigenvalue weighted by Crippen LogP contribution is -2.52. The maximum Gasteiger partial charge on any atom is 0.236 e. The van der Waals surface area contributed by atoms with Gasteiger partial charge in [0.1, 0.15) is 0 Å². The van der Waals surface area contributed by atoms with E-state index in [9.17, 15) is 9.59 Å². The van der Waals surface area contributed by atoms with Crippen molar-refractivity contribution < 1.29 is 9.59 Å². The number of carbonyl (C=O) groups is 2. The molecule has 27 heavy (non-hydrogen) atoms. The first-order valence-electron chi connectivity index (χ1n) is 10.6. The third kappa shape index (κ3) is 4.52. The molecule has 5 nitrogen and oxygen atoms in total. The van der Waals surface area contributed by atoms with Crippen LogP contribution in [-0.2, 0) is 28.9 Å². The van der Waals surface area contributed by atoms with Gasteiger partial charge in [-0.3, -0.25) is 14.5 Å². The highest BCUT2D eigenvalue weighted by Gasteiger charge is 2.25. The highest BCUT2D eigenvalue weighted by Crippen LogP contribution is 2.23. The van der Waals surface area contributed by atoms with Gasteiger partial charge in [0.05, 0.1) is 13.0 Å². The van der Waals surface area contributed by atoms with Crippen molar-refractivity contribution in [2.24, 2.45) is 0 Å². The first kappa shape index (κ1) is 18.5. The minimum atomic E-state index is 0.218. The number of piperazine rings is 1. The summed E-state index contributed by atoms with van der Waals surface area (Å²) in [6, 6.07) is 6.55. The Hall–Kier alpha value is -1.88. The van der Waals surface area contributed by atoms with E-state index in [0.29, 0.717) is 13.0 Å². The van der Waals surface area contributed by atoms with Gasteiger partial charge in [-0.1, -0.05) is 18.2 Å². The van der Waals surface area contributed by atoms with Gasteiger partial charge < -0.3 is 9.80 Å². The zero-order valence-corrected chi connectivity index (χ0v) is 16.3. The first-order valence-corrected chi connectivity index (χ1v) is 10.6. The fourth-order valence-corrected chi connectivity index (χ4v) is 4.61. The molecule has 2 saturated heterocycles. The van der Waals surface area contributed by atoms with Crippen molar-refractivity contribution in [1.29, 1.82) is 0 Å². The van der Waals surface area contributed by atoms with Crippen LogP contribution in [0.4, 0.5) is 0 Å². The van der Waals surface area contributed by atoms with Gasteiger partial charge in [0.25, 0.3) is 0 Å². The molecule has 5 heteroatoms. The Morgan fingerprint density at radius 3 is 2.22 bits per heavy atom. The maximum atomic E-state index is 12.7. The molecule has 0 unspecified atom stereocenters. The molecule has 3 aliphatic rings. The molecule has 0 saturated carbocycles. The average molecular weight is 370 g/mol. The number of carbonyl (C=O) groups excluding carboxylic acids is 2. The van der Waals surface area contributed by atoms with Gasteiger partial charge in [-0.25, -0.2) is 0 Å². The first-order chi connectivity index (χ1) is 13.2. The molecule has 0 N–H and O–H groups in total. The van der Waals surface area contributed by atoms with Crippen LogP contribution in [0, 0.1) is 0 Å². The molecule has 1 aliphatic carbocycles. The van der Waals surface area contributed by atoms with Gasteiger partial charge in [-0.2, -0.15) is 0 Å². The monoisotopic (exact) mass is 369 g/mol. The third-order valence-corrected chi connectivity index (χ3v) is 6.31. The number of rotatable bonds is 4. The number of fused-ring (bicyclic) bond motifs is 1. The number of likely N-dealkylation sites (tertiary alicyclic amines) is 1. The van der Waals surface area contributed by atoms with Gasteiger partial charge in [0.2, 0.25) is 11.8 Å². The van der Waals surface area contributed by atoms with Gasteiger partial charge >= 0.3 is 0 Å². The number of hydrogen-bond donors (Lipinski definition) is 0. The fourth-order valence-electron chi connectivity index (χ4n) is 4.61. The number of benzene rings is 1. The number of amides is 2. The minimum Gasteiger partial charge on any atom is -0.342 e. The highest BCUT2D eigenvalue weighted by molar-refractivity contribution is 5.79. The molecule has 1 aromatic rings. The Kier molecular flexibility index (Phi) is 5.77. The molecule has 2 heterocycles. The minimum absolute atomic E-state index is 0.218. The van der Waals surface area contributed by atoms with Crippen molar-refractivity contribution in [2.75, 3.05) is 45.8 Å². The maximum absolute atomic E-state index is 12.7. The second-order valence-corrected chi connectivity index (χ2v) is 8.23. The normalized spacial score (nSPS) is 20.6. The van der Waals surface area contributed by atoms with Crippen molar-refractivity contribution >= 4 is 11.8 Å². The van der Waals surface area contributed by atoms with Crippen LogP contribution in [0.3, 0.4) is 0 Å². The van der Waals surface area contributed by atoms with Crippen LogP contribution in [0.25, 0.3) is 0 Å². The Morgan fingerprint density at radius 2 is 1.44 bits per heavy atom. The van der Waals surface area contributed by atoms with Crippen molar-refractivity contribution in [2.45, 2.75) is 44.9 Å². The summed E-state index contributed by atoms with van der Waals surface area (Å²) in [6.45, 7) is 5.40. The summed E-state index contributed by atoms with van der Waals surface area (Å²) in [5, 5.41) is 0. The molecule has 1 aromatic carbocycles. The number of nitrogens with zero attached hydrogens (tertiary/aromatic N) is 3. The number of hydrogen-bond acceptors (Lipinski definition) is 3. The van der Waals surface area contributed by atoms with E-state index >= 15 is 0 Å². The Balaban J connectivity index is 1.24. The molecule has 0 aromatic heterocycles. The quantitative estimate of drug-likeness (QED) is 0.814. The molecule has 2 fully saturated rings. The van der Waals surface area contributed by atoms with Gasteiger partial charge in [-0.15, -0.1) is 0 Å². The van der Waals surface area contributed by atoms with Crippen LogP contribution < -0.4 is 0 Å². The van der Waals surface area contributed by atoms with Gasteiger partial charge in [-0.05, 0) is 55.2 Å². The predicted molar refractivity (Wildman–Crippen MR) is 106 cm³/mol. The summed E-state index contributed by atoms with van der Waals surface area (Å²) >= 11 is 0. The lowest BCUT2D eigenvalue weighted by molar-refractivity contribution is -0.135. The molecular formula is C22H31N3O2. The van der Waals surface area contributed by atoms with Crippen LogP contribution in [-0.4, -0.2) is 72.3 Å². The SMILES string of the molecule is O=C(Cc1ccc2c(c1)CCC2)N1CCN(CC(=O)N2CCCCC2)CC1. The van der Waals surface area contributed by atoms with Gasteiger partial charge in [0, 0.05) is 39.3 Å². The average Bonchev–Trinajstić information content (AvgIpc) is 3.17. The summed E-state index contributed by atoms with van der Waals surface area (Å²) in [7, 11) is 0. The van der Waals surface area contributed by atoms with E-state index in [1.807, 2.05) is 9.80 Å². The van der Waals surface area contributed by atoms with E-state index in [1.165, 1.54) is 30.4 Å². The summed E-state index contributed by atoms with van der Waals surface area (Å²) in [4.78, 5) is 31.3. The van der Waals surface area contributed by atoms with Crippen LogP contribution in [0.15, 0.2) is 18.2 Å². The summed E-state index contributed by atoms with van der Waals surface area (Å²) in [5.41, 5.74) is 4.03. The van der Waals surface area contributed by atoms with Crippen molar-refractivity contribution in [3.63, 3.8) is 0 Å².